The van der Waals surface area contributed by atoms with Crippen LogP contribution < -0.4 is 9.47 Å². The molecule has 3 nitrogen and oxygen atoms in total. The van der Waals surface area contributed by atoms with Crippen molar-refractivity contribution in [2.75, 3.05) is 14.2 Å². The van der Waals surface area contributed by atoms with Crippen LogP contribution in [-0.2, 0) is 12.8 Å². The Morgan fingerprint density at radius 2 is 1.90 bits per heavy atom. The Morgan fingerprint density at radius 1 is 1.15 bits per heavy atom. The fourth-order valence-corrected chi connectivity index (χ4v) is 3.68. The Kier molecular flexibility index (Phi) is 3.59. The maximum atomic E-state index is 5.59. The number of aryl methyl sites for hydroxylation is 2. The summed E-state index contributed by atoms with van der Waals surface area (Å²) >= 11 is 3.57. The molecule has 0 radical (unpaired) electrons. The highest BCUT2D eigenvalue weighted by Crippen LogP contribution is 2.42. The Hall–Kier alpha value is -1.29. The normalized spacial score (nSPS) is 14.2. The van der Waals surface area contributed by atoms with Crippen LogP contribution in [0.5, 0.6) is 11.5 Å². The minimum absolute atomic E-state index is 0.796. The quantitative estimate of drug-likeness (QED) is 0.824. The first-order valence-electron chi connectivity index (χ1n) is 6.90. The lowest BCUT2D eigenvalue weighted by Gasteiger charge is -2.21. The summed E-state index contributed by atoms with van der Waals surface area (Å²) in [5.41, 5.74) is 4.80. The summed E-state index contributed by atoms with van der Waals surface area (Å²) < 4.78 is 12.0. The van der Waals surface area contributed by atoms with Gasteiger partial charge in [-0.3, -0.25) is 0 Å². The van der Waals surface area contributed by atoms with Crippen molar-refractivity contribution in [2.45, 2.75) is 32.6 Å². The molecule has 0 bridgehead atoms. The number of benzene rings is 1. The third-order valence-electron chi connectivity index (χ3n) is 4.11. The van der Waals surface area contributed by atoms with Crippen molar-refractivity contribution in [1.82, 2.24) is 4.98 Å². The van der Waals surface area contributed by atoms with Crippen molar-refractivity contribution in [3.05, 3.63) is 27.4 Å². The van der Waals surface area contributed by atoms with E-state index in [2.05, 4.69) is 22.9 Å². The number of ether oxygens (including phenoxy) is 2. The molecular weight excluding hydrogens is 318 g/mol. The molecule has 0 unspecified atom stereocenters. The van der Waals surface area contributed by atoms with Crippen molar-refractivity contribution in [1.29, 1.82) is 0 Å². The number of pyridine rings is 1. The minimum atomic E-state index is 0.796. The predicted molar refractivity (Wildman–Crippen MR) is 83.9 cm³/mol. The molecule has 0 saturated carbocycles. The third-order valence-corrected chi connectivity index (χ3v) is 4.70. The van der Waals surface area contributed by atoms with Gasteiger partial charge in [0.05, 0.1) is 24.1 Å². The molecule has 1 heterocycles. The zero-order chi connectivity index (χ0) is 14.3. The molecule has 106 valence electrons. The van der Waals surface area contributed by atoms with E-state index in [1.54, 1.807) is 14.2 Å². The van der Waals surface area contributed by atoms with Gasteiger partial charge in [-0.05, 0) is 59.7 Å². The fourth-order valence-electron chi connectivity index (χ4n) is 3.12. The maximum absolute atomic E-state index is 5.59. The van der Waals surface area contributed by atoms with Crippen LogP contribution in [0.2, 0.25) is 0 Å². The molecule has 0 fully saturated rings. The van der Waals surface area contributed by atoms with Gasteiger partial charge >= 0.3 is 0 Å². The van der Waals surface area contributed by atoms with Crippen LogP contribution in [0.3, 0.4) is 0 Å². The van der Waals surface area contributed by atoms with Gasteiger partial charge < -0.3 is 9.47 Å². The SMILES string of the molecule is COc1cc(Br)c(OC)c2c(C)c3c(nc12)CCCC3. The highest BCUT2D eigenvalue weighted by atomic mass is 79.9. The molecule has 1 aromatic heterocycles. The number of hydrogen-bond acceptors (Lipinski definition) is 3. The van der Waals surface area contributed by atoms with E-state index in [4.69, 9.17) is 14.5 Å². The van der Waals surface area contributed by atoms with Crippen molar-refractivity contribution < 1.29 is 9.47 Å². The number of hydrogen-bond donors (Lipinski definition) is 0. The molecule has 3 rings (SSSR count). The molecule has 0 atom stereocenters. The number of aromatic nitrogens is 1. The molecule has 20 heavy (non-hydrogen) atoms. The van der Waals surface area contributed by atoms with Gasteiger partial charge in [0, 0.05) is 11.8 Å². The van der Waals surface area contributed by atoms with Crippen LogP contribution in [0.25, 0.3) is 10.9 Å². The summed E-state index contributed by atoms with van der Waals surface area (Å²) in [4.78, 5) is 4.87. The van der Waals surface area contributed by atoms with E-state index in [9.17, 15) is 0 Å². The van der Waals surface area contributed by atoms with Crippen molar-refractivity contribution in [2.24, 2.45) is 0 Å². The van der Waals surface area contributed by atoms with Gasteiger partial charge in [-0.2, -0.15) is 0 Å². The van der Waals surface area contributed by atoms with Gasteiger partial charge in [0.15, 0.2) is 0 Å². The Balaban J connectivity index is 2.44. The lowest BCUT2D eigenvalue weighted by molar-refractivity contribution is 0.407. The van der Waals surface area contributed by atoms with E-state index >= 15 is 0 Å². The molecule has 0 saturated heterocycles. The topological polar surface area (TPSA) is 31.4 Å². The third kappa shape index (κ3) is 1.97. The summed E-state index contributed by atoms with van der Waals surface area (Å²) in [6.45, 7) is 2.17. The van der Waals surface area contributed by atoms with Crippen LogP contribution in [0.15, 0.2) is 10.5 Å². The summed E-state index contributed by atoms with van der Waals surface area (Å²) in [6, 6.07) is 1.93. The molecule has 0 N–H and O–H groups in total. The van der Waals surface area contributed by atoms with Gasteiger partial charge in [0.25, 0.3) is 0 Å². The molecular formula is C16H18BrNO2. The predicted octanol–water partition coefficient (Wildman–Crippen LogP) is 4.20. The van der Waals surface area contributed by atoms with Gasteiger partial charge in [0.2, 0.25) is 0 Å². The molecule has 0 amide bonds. The number of halogens is 1. The van der Waals surface area contributed by atoms with Gasteiger partial charge in [-0.1, -0.05) is 0 Å². The van der Waals surface area contributed by atoms with Crippen molar-refractivity contribution in [3.63, 3.8) is 0 Å². The first kappa shape index (κ1) is 13.7. The smallest absolute Gasteiger partial charge is 0.146 e. The Morgan fingerprint density at radius 3 is 2.60 bits per heavy atom. The number of methoxy groups -OCH3 is 2. The van der Waals surface area contributed by atoms with Crippen LogP contribution in [0.4, 0.5) is 0 Å². The fraction of sp³-hybridized carbons (Fsp3) is 0.438. The van der Waals surface area contributed by atoms with E-state index in [-0.39, 0.29) is 0 Å². The first-order chi connectivity index (χ1) is 9.67. The molecule has 4 heteroatoms. The van der Waals surface area contributed by atoms with Crippen LogP contribution in [-0.4, -0.2) is 19.2 Å². The molecule has 0 spiro atoms. The van der Waals surface area contributed by atoms with Crippen molar-refractivity contribution >= 4 is 26.8 Å². The summed E-state index contributed by atoms with van der Waals surface area (Å²) in [6.07, 6.45) is 4.64. The van der Waals surface area contributed by atoms with E-state index < -0.39 is 0 Å². The average molecular weight is 336 g/mol. The van der Waals surface area contributed by atoms with Gasteiger partial charge in [0.1, 0.15) is 17.0 Å². The number of rotatable bonds is 2. The Bertz CT molecular complexity index is 682. The van der Waals surface area contributed by atoms with E-state index in [0.29, 0.717) is 0 Å². The molecule has 1 aromatic carbocycles. The molecule has 0 aliphatic heterocycles. The molecule has 1 aliphatic rings. The van der Waals surface area contributed by atoms with Crippen molar-refractivity contribution in [3.8, 4) is 11.5 Å². The zero-order valence-corrected chi connectivity index (χ0v) is 13.6. The molecule has 1 aliphatic carbocycles. The summed E-state index contributed by atoms with van der Waals surface area (Å²) in [5.74, 6) is 1.64. The number of nitrogens with zero attached hydrogens (tertiary/aromatic N) is 1. The average Bonchev–Trinajstić information content (AvgIpc) is 2.47. The standard InChI is InChI=1S/C16H18BrNO2/c1-9-10-6-4-5-7-12(10)18-15-13(19-2)8-11(17)16(20-3)14(9)15/h8H,4-7H2,1-3H3. The second kappa shape index (κ2) is 5.24. The highest BCUT2D eigenvalue weighted by molar-refractivity contribution is 9.10. The van der Waals surface area contributed by atoms with Crippen LogP contribution in [0.1, 0.15) is 29.7 Å². The summed E-state index contributed by atoms with van der Waals surface area (Å²) in [7, 11) is 3.38. The maximum Gasteiger partial charge on any atom is 0.146 e. The van der Waals surface area contributed by atoms with E-state index in [0.717, 1.165) is 39.7 Å². The van der Waals surface area contributed by atoms with Crippen LogP contribution >= 0.6 is 15.9 Å². The van der Waals surface area contributed by atoms with Gasteiger partial charge in [-0.15, -0.1) is 0 Å². The largest absolute Gasteiger partial charge is 0.495 e. The minimum Gasteiger partial charge on any atom is -0.495 e. The second-order valence-corrected chi connectivity index (χ2v) is 6.04. The molecule has 2 aromatic rings. The zero-order valence-electron chi connectivity index (χ0n) is 12.0. The lowest BCUT2D eigenvalue weighted by atomic mass is 9.90. The van der Waals surface area contributed by atoms with E-state index in [1.165, 1.54) is 29.7 Å². The highest BCUT2D eigenvalue weighted by Gasteiger charge is 2.21. The second-order valence-electron chi connectivity index (χ2n) is 5.19. The van der Waals surface area contributed by atoms with Crippen LogP contribution in [0, 0.1) is 6.92 Å². The number of fused-ring (bicyclic) bond motifs is 2. The monoisotopic (exact) mass is 335 g/mol. The van der Waals surface area contributed by atoms with Gasteiger partial charge in [-0.25, -0.2) is 4.98 Å². The Labute approximate surface area is 127 Å². The summed E-state index contributed by atoms with van der Waals surface area (Å²) in [5, 5.41) is 1.07. The van der Waals surface area contributed by atoms with E-state index in [1.807, 2.05) is 6.07 Å². The lowest BCUT2D eigenvalue weighted by Crippen LogP contribution is -2.09. The first-order valence-corrected chi connectivity index (χ1v) is 7.69.